The average Bonchev–Trinajstić information content (AvgIpc) is 2.85. The van der Waals surface area contributed by atoms with Gasteiger partial charge in [-0.25, -0.2) is 9.07 Å². The molecule has 0 amide bonds. The first kappa shape index (κ1) is 15.2. The van der Waals surface area contributed by atoms with Crippen molar-refractivity contribution in [2.45, 2.75) is 44.8 Å². The van der Waals surface area contributed by atoms with Crippen molar-refractivity contribution in [3.8, 4) is 5.69 Å². The third-order valence-corrected chi connectivity index (χ3v) is 4.61. The standard InChI is InChI=1S/C17H22FN3O/c1-12(19-11-17(22)8-3-9-17)16-10-20-21(13(16)2)15-6-4-14(18)5-7-15/h4-7,10,12,19,22H,3,8-9,11H2,1-2H3. The number of nitrogens with zero attached hydrogens (tertiary/aromatic N) is 2. The molecule has 1 aromatic carbocycles. The van der Waals surface area contributed by atoms with E-state index in [4.69, 9.17) is 0 Å². The molecule has 1 fully saturated rings. The number of benzene rings is 1. The molecule has 3 rings (SSSR count). The summed E-state index contributed by atoms with van der Waals surface area (Å²) in [4.78, 5) is 0. The summed E-state index contributed by atoms with van der Waals surface area (Å²) in [5.41, 5.74) is 2.42. The monoisotopic (exact) mass is 303 g/mol. The van der Waals surface area contributed by atoms with Crippen molar-refractivity contribution >= 4 is 0 Å². The highest BCUT2D eigenvalue weighted by Gasteiger charge is 2.34. The summed E-state index contributed by atoms with van der Waals surface area (Å²) in [5, 5.41) is 18.0. The van der Waals surface area contributed by atoms with Crippen LogP contribution < -0.4 is 5.32 Å². The Kier molecular flexibility index (Phi) is 4.02. The highest BCUT2D eigenvalue weighted by Crippen LogP contribution is 2.31. The quantitative estimate of drug-likeness (QED) is 0.893. The van der Waals surface area contributed by atoms with Gasteiger partial charge in [-0.1, -0.05) is 0 Å². The molecule has 1 aliphatic carbocycles. The second kappa shape index (κ2) is 5.82. The molecule has 0 aliphatic heterocycles. The topological polar surface area (TPSA) is 50.1 Å². The number of halogens is 1. The van der Waals surface area contributed by atoms with Gasteiger partial charge in [0.25, 0.3) is 0 Å². The van der Waals surface area contributed by atoms with Crippen LogP contribution >= 0.6 is 0 Å². The smallest absolute Gasteiger partial charge is 0.123 e. The van der Waals surface area contributed by atoms with Gasteiger partial charge in [0.2, 0.25) is 0 Å². The molecule has 4 nitrogen and oxygen atoms in total. The van der Waals surface area contributed by atoms with E-state index in [-0.39, 0.29) is 11.9 Å². The predicted molar refractivity (Wildman–Crippen MR) is 83.5 cm³/mol. The number of aliphatic hydroxyl groups is 1. The minimum Gasteiger partial charge on any atom is -0.389 e. The first-order valence-electron chi connectivity index (χ1n) is 7.75. The Balaban J connectivity index is 1.73. The molecule has 22 heavy (non-hydrogen) atoms. The van der Waals surface area contributed by atoms with Crippen LogP contribution in [0.15, 0.2) is 30.5 Å². The largest absolute Gasteiger partial charge is 0.389 e. The Labute approximate surface area is 130 Å². The average molecular weight is 303 g/mol. The number of rotatable bonds is 5. The maximum Gasteiger partial charge on any atom is 0.123 e. The zero-order valence-corrected chi connectivity index (χ0v) is 13.0. The third-order valence-electron chi connectivity index (χ3n) is 4.61. The van der Waals surface area contributed by atoms with Crippen LogP contribution in [0.1, 0.15) is 43.5 Å². The van der Waals surface area contributed by atoms with Crippen molar-refractivity contribution in [2.75, 3.05) is 6.54 Å². The predicted octanol–water partition coefficient (Wildman–Crippen LogP) is 2.89. The minimum atomic E-state index is -0.533. The Bertz CT molecular complexity index is 646. The van der Waals surface area contributed by atoms with Gasteiger partial charge in [-0.05, 0) is 57.4 Å². The molecule has 0 saturated heterocycles. The maximum absolute atomic E-state index is 13.0. The maximum atomic E-state index is 13.0. The van der Waals surface area contributed by atoms with Crippen LogP contribution in [-0.4, -0.2) is 27.0 Å². The summed E-state index contributed by atoms with van der Waals surface area (Å²) in [5.74, 6) is -0.252. The first-order chi connectivity index (χ1) is 10.5. The zero-order valence-electron chi connectivity index (χ0n) is 13.0. The molecular formula is C17H22FN3O. The molecular weight excluding hydrogens is 281 g/mol. The number of hydrogen-bond donors (Lipinski definition) is 2. The molecule has 2 N–H and O–H groups in total. The SMILES string of the molecule is Cc1c(C(C)NCC2(O)CCC2)cnn1-c1ccc(F)cc1. The molecule has 1 saturated carbocycles. The lowest BCUT2D eigenvalue weighted by Gasteiger charge is -2.37. The lowest BCUT2D eigenvalue weighted by molar-refractivity contribution is -0.0329. The second-order valence-corrected chi connectivity index (χ2v) is 6.25. The Morgan fingerprint density at radius 1 is 1.36 bits per heavy atom. The summed E-state index contributed by atoms with van der Waals surface area (Å²) >= 11 is 0. The van der Waals surface area contributed by atoms with E-state index in [2.05, 4.69) is 17.3 Å². The van der Waals surface area contributed by atoms with Crippen molar-refractivity contribution in [3.63, 3.8) is 0 Å². The van der Waals surface area contributed by atoms with Crippen molar-refractivity contribution in [1.29, 1.82) is 0 Å². The number of hydrogen-bond acceptors (Lipinski definition) is 3. The van der Waals surface area contributed by atoms with E-state index in [1.165, 1.54) is 12.1 Å². The minimum absolute atomic E-state index is 0.110. The van der Waals surface area contributed by atoms with Crippen LogP contribution in [0.3, 0.4) is 0 Å². The zero-order chi connectivity index (χ0) is 15.7. The first-order valence-corrected chi connectivity index (χ1v) is 7.75. The molecule has 1 aromatic heterocycles. The van der Waals surface area contributed by atoms with Crippen molar-refractivity contribution in [2.24, 2.45) is 0 Å². The van der Waals surface area contributed by atoms with Gasteiger partial charge in [-0.15, -0.1) is 0 Å². The molecule has 0 spiro atoms. The summed E-state index contributed by atoms with van der Waals surface area (Å²) in [7, 11) is 0. The Hall–Kier alpha value is -1.72. The van der Waals surface area contributed by atoms with E-state index in [9.17, 15) is 9.50 Å². The fourth-order valence-electron chi connectivity index (χ4n) is 2.90. The van der Waals surface area contributed by atoms with Gasteiger partial charge in [0.15, 0.2) is 0 Å². The summed E-state index contributed by atoms with van der Waals surface area (Å²) in [6.45, 7) is 4.68. The van der Waals surface area contributed by atoms with Gasteiger partial charge in [0.05, 0.1) is 17.5 Å². The molecule has 2 aromatic rings. The van der Waals surface area contributed by atoms with E-state index in [1.807, 2.05) is 17.8 Å². The van der Waals surface area contributed by atoms with Gasteiger partial charge in [-0.3, -0.25) is 0 Å². The highest BCUT2D eigenvalue weighted by atomic mass is 19.1. The highest BCUT2D eigenvalue weighted by molar-refractivity contribution is 5.35. The fourth-order valence-corrected chi connectivity index (χ4v) is 2.90. The normalized spacial score (nSPS) is 18.0. The lowest BCUT2D eigenvalue weighted by Crippen LogP contribution is -2.46. The molecule has 118 valence electrons. The summed E-state index contributed by atoms with van der Waals surface area (Å²) in [6.07, 6.45) is 4.69. The summed E-state index contributed by atoms with van der Waals surface area (Å²) < 4.78 is 14.8. The van der Waals surface area contributed by atoms with Crippen LogP contribution in [0.4, 0.5) is 4.39 Å². The van der Waals surface area contributed by atoms with Gasteiger partial charge >= 0.3 is 0 Å². The van der Waals surface area contributed by atoms with Gasteiger partial charge in [-0.2, -0.15) is 5.10 Å². The Morgan fingerprint density at radius 3 is 2.64 bits per heavy atom. The van der Waals surface area contributed by atoms with Crippen LogP contribution in [0.25, 0.3) is 5.69 Å². The van der Waals surface area contributed by atoms with Crippen LogP contribution in [-0.2, 0) is 0 Å². The second-order valence-electron chi connectivity index (χ2n) is 6.25. The fraction of sp³-hybridized carbons (Fsp3) is 0.471. The molecule has 0 bridgehead atoms. The van der Waals surface area contributed by atoms with Crippen LogP contribution in [0.5, 0.6) is 0 Å². The van der Waals surface area contributed by atoms with Crippen molar-refractivity contribution < 1.29 is 9.50 Å². The van der Waals surface area contributed by atoms with Crippen molar-refractivity contribution in [3.05, 3.63) is 47.5 Å². The van der Waals surface area contributed by atoms with Crippen molar-refractivity contribution in [1.82, 2.24) is 15.1 Å². The Morgan fingerprint density at radius 2 is 2.05 bits per heavy atom. The molecule has 1 heterocycles. The molecule has 1 aliphatic rings. The van der Waals surface area contributed by atoms with E-state index < -0.39 is 5.60 Å². The van der Waals surface area contributed by atoms with E-state index in [1.54, 1.807) is 12.1 Å². The van der Waals surface area contributed by atoms with Crippen LogP contribution in [0, 0.1) is 12.7 Å². The molecule has 1 atom stereocenters. The molecule has 0 radical (unpaired) electrons. The third kappa shape index (κ3) is 2.91. The van der Waals surface area contributed by atoms with Gasteiger partial charge in [0, 0.05) is 23.8 Å². The lowest BCUT2D eigenvalue weighted by atomic mass is 9.80. The number of nitrogens with one attached hydrogen (secondary N) is 1. The number of aromatic nitrogens is 2. The van der Waals surface area contributed by atoms with E-state index in [0.29, 0.717) is 6.54 Å². The van der Waals surface area contributed by atoms with Crippen LogP contribution in [0.2, 0.25) is 0 Å². The van der Waals surface area contributed by atoms with E-state index in [0.717, 1.165) is 36.2 Å². The van der Waals surface area contributed by atoms with E-state index >= 15 is 0 Å². The van der Waals surface area contributed by atoms with Gasteiger partial charge < -0.3 is 10.4 Å². The summed E-state index contributed by atoms with van der Waals surface area (Å²) in [6, 6.07) is 6.41. The molecule has 1 unspecified atom stereocenters. The van der Waals surface area contributed by atoms with Gasteiger partial charge in [0.1, 0.15) is 5.82 Å². The molecule has 5 heteroatoms.